The topological polar surface area (TPSA) is 39.4 Å². The van der Waals surface area contributed by atoms with E-state index in [9.17, 15) is 4.79 Å². The van der Waals surface area contributed by atoms with Gasteiger partial charge in [0.05, 0.1) is 11.8 Å². The maximum Gasteiger partial charge on any atom is 0.170 e. The van der Waals surface area contributed by atoms with Gasteiger partial charge in [0.15, 0.2) is 5.78 Å². The van der Waals surface area contributed by atoms with Crippen LogP contribution < -0.4 is 4.74 Å². The fourth-order valence-corrected chi connectivity index (χ4v) is 3.76. The summed E-state index contributed by atoms with van der Waals surface area (Å²) in [6.45, 7) is 2.00. The van der Waals surface area contributed by atoms with Crippen molar-refractivity contribution < 1.29 is 13.9 Å². The number of benzene rings is 1. The highest BCUT2D eigenvalue weighted by atomic mass is 16.5. The van der Waals surface area contributed by atoms with Crippen molar-refractivity contribution in [2.45, 2.75) is 51.6 Å². The fraction of sp³-hybridized carbons (Fsp3) is 0.500. The summed E-state index contributed by atoms with van der Waals surface area (Å²) < 4.78 is 11.7. The summed E-state index contributed by atoms with van der Waals surface area (Å²) in [5.74, 6) is 1.46. The van der Waals surface area contributed by atoms with Crippen LogP contribution in [0, 0.1) is 12.8 Å². The molecule has 2 heterocycles. The van der Waals surface area contributed by atoms with Crippen molar-refractivity contribution in [3.05, 3.63) is 29.5 Å². The van der Waals surface area contributed by atoms with Crippen molar-refractivity contribution in [2.24, 2.45) is 5.92 Å². The lowest BCUT2D eigenvalue weighted by atomic mass is 9.82. The van der Waals surface area contributed by atoms with Gasteiger partial charge in [-0.2, -0.15) is 0 Å². The first-order valence-electron chi connectivity index (χ1n) is 7.94. The predicted octanol–water partition coefficient (Wildman–Crippen LogP) is 4.66. The lowest BCUT2D eigenvalue weighted by molar-refractivity contribution is 0.0656. The molecular formula is C18H20O3. The minimum absolute atomic E-state index is 0.0545. The number of ether oxygens (including phenoxy) is 1. The molecule has 3 heteroatoms. The van der Waals surface area contributed by atoms with E-state index in [1.165, 1.54) is 32.1 Å². The second-order valence-corrected chi connectivity index (χ2v) is 6.44. The first-order valence-corrected chi connectivity index (χ1v) is 7.94. The van der Waals surface area contributed by atoms with Crippen molar-refractivity contribution in [1.29, 1.82) is 0 Å². The van der Waals surface area contributed by atoms with Crippen molar-refractivity contribution >= 4 is 16.8 Å². The highest BCUT2D eigenvalue weighted by Gasteiger charge is 2.33. The molecule has 0 spiro atoms. The van der Waals surface area contributed by atoms with E-state index in [4.69, 9.17) is 9.15 Å². The monoisotopic (exact) mass is 284 g/mol. The third-order valence-corrected chi connectivity index (χ3v) is 5.01. The van der Waals surface area contributed by atoms with Gasteiger partial charge in [-0.25, -0.2) is 0 Å². The molecule has 1 fully saturated rings. The average Bonchev–Trinajstić information content (AvgIpc) is 2.87. The van der Waals surface area contributed by atoms with E-state index < -0.39 is 0 Å². The molecule has 1 aromatic carbocycles. The summed E-state index contributed by atoms with van der Waals surface area (Å²) in [5.41, 5.74) is 2.59. The van der Waals surface area contributed by atoms with Crippen molar-refractivity contribution in [2.75, 3.05) is 0 Å². The van der Waals surface area contributed by atoms with Crippen LogP contribution in [0.4, 0.5) is 0 Å². The van der Waals surface area contributed by atoms with Gasteiger partial charge < -0.3 is 9.15 Å². The lowest BCUT2D eigenvalue weighted by Crippen LogP contribution is -2.34. The number of Topliss-reactive ketones (excluding diaryl/α,β-unsaturated/α-hetero) is 1. The van der Waals surface area contributed by atoms with Crippen molar-refractivity contribution in [1.82, 2.24) is 0 Å². The summed E-state index contributed by atoms with van der Waals surface area (Å²) in [4.78, 5) is 12.5. The second kappa shape index (κ2) is 4.90. The Hall–Kier alpha value is -1.77. The molecule has 1 atom stereocenters. The largest absolute Gasteiger partial charge is 0.489 e. The number of rotatable bonds is 1. The normalized spacial score (nSPS) is 23.1. The van der Waals surface area contributed by atoms with Crippen LogP contribution in [-0.2, 0) is 0 Å². The average molecular weight is 284 g/mol. The Bertz CT molecular complexity index is 692. The van der Waals surface area contributed by atoms with Crippen LogP contribution in [0.25, 0.3) is 11.0 Å². The second-order valence-electron chi connectivity index (χ2n) is 6.44. The Morgan fingerprint density at radius 2 is 1.95 bits per heavy atom. The molecule has 0 amide bonds. The molecule has 1 aromatic heterocycles. The first-order chi connectivity index (χ1) is 10.2. The van der Waals surface area contributed by atoms with Gasteiger partial charge in [-0.05, 0) is 37.3 Å². The van der Waals surface area contributed by atoms with Gasteiger partial charge in [0, 0.05) is 17.9 Å². The Balaban J connectivity index is 1.70. The molecular weight excluding hydrogens is 264 g/mol. The number of carbonyl (C=O) groups is 1. The standard InChI is InChI=1S/C18H20O3/c1-11-10-20-17-9-18-14(7-13(11)17)15(19)8-16(21-18)12-5-3-2-4-6-12/h7,9-10,12,16H,2-6,8H2,1H3. The summed E-state index contributed by atoms with van der Waals surface area (Å²) in [7, 11) is 0. The minimum Gasteiger partial charge on any atom is -0.489 e. The highest BCUT2D eigenvalue weighted by Crippen LogP contribution is 2.38. The summed E-state index contributed by atoms with van der Waals surface area (Å²) >= 11 is 0. The molecule has 21 heavy (non-hydrogen) atoms. The number of hydrogen-bond donors (Lipinski definition) is 0. The number of aryl methyl sites for hydroxylation is 1. The third-order valence-electron chi connectivity index (χ3n) is 5.01. The van der Waals surface area contributed by atoms with Crippen LogP contribution in [0.1, 0.15) is 54.4 Å². The molecule has 0 bridgehead atoms. The van der Waals surface area contributed by atoms with Gasteiger partial charge in [0.1, 0.15) is 17.4 Å². The molecule has 3 nitrogen and oxygen atoms in total. The Kier molecular flexibility index (Phi) is 3.02. The molecule has 2 aliphatic rings. The fourth-order valence-electron chi connectivity index (χ4n) is 3.76. The number of ketones is 1. The number of fused-ring (bicyclic) bond motifs is 2. The van der Waals surface area contributed by atoms with Crippen LogP contribution in [0.2, 0.25) is 0 Å². The zero-order chi connectivity index (χ0) is 14.4. The molecule has 1 unspecified atom stereocenters. The van der Waals surface area contributed by atoms with Crippen LogP contribution in [0.15, 0.2) is 22.8 Å². The van der Waals surface area contributed by atoms with Gasteiger partial charge in [0.2, 0.25) is 0 Å². The van der Waals surface area contributed by atoms with Crippen LogP contribution in [0.5, 0.6) is 5.75 Å². The Morgan fingerprint density at radius 1 is 1.14 bits per heavy atom. The number of carbonyl (C=O) groups excluding carboxylic acids is 1. The molecule has 0 radical (unpaired) electrons. The summed E-state index contributed by atoms with van der Waals surface area (Å²) in [5, 5.41) is 1.02. The summed E-state index contributed by atoms with van der Waals surface area (Å²) in [6.07, 6.45) is 8.55. The molecule has 2 aromatic rings. The SMILES string of the molecule is Cc1coc2cc3c(cc12)C(=O)CC(C1CCCCC1)O3. The van der Waals surface area contributed by atoms with Gasteiger partial charge in [-0.3, -0.25) is 4.79 Å². The van der Waals surface area contributed by atoms with Crippen LogP contribution >= 0.6 is 0 Å². The van der Waals surface area contributed by atoms with E-state index in [2.05, 4.69) is 0 Å². The third kappa shape index (κ3) is 2.15. The molecule has 0 saturated heterocycles. The Labute approximate surface area is 124 Å². The number of hydrogen-bond acceptors (Lipinski definition) is 3. The zero-order valence-corrected chi connectivity index (χ0v) is 12.4. The van der Waals surface area contributed by atoms with E-state index >= 15 is 0 Å². The van der Waals surface area contributed by atoms with Gasteiger partial charge in [-0.15, -0.1) is 0 Å². The smallest absolute Gasteiger partial charge is 0.170 e. The first kappa shape index (κ1) is 12.9. The van der Waals surface area contributed by atoms with Crippen LogP contribution in [-0.4, -0.2) is 11.9 Å². The molecule has 0 N–H and O–H groups in total. The lowest BCUT2D eigenvalue weighted by Gasteiger charge is -2.33. The molecule has 1 saturated carbocycles. The van der Waals surface area contributed by atoms with Crippen LogP contribution in [0.3, 0.4) is 0 Å². The van der Waals surface area contributed by atoms with Crippen molar-refractivity contribution in [3.8, 4) is 5.75 Å². The Morgan fingerprint density at radius 3 is 2.76 bits per heavy atom. The molecule has 110 valence electrons. The molecule has 1 aliphatic heterocycles. The minimum atomic E-state index is 0.0545. The van der Waals surface area contributed by atoms with Gasteiger partial charge in [0.25, 0.3) is 0 Å². The van der Waals surface area contributed by atoms with E-state index in [1.807, 2.05) is 19.1 Å². The van der Waals surface area contributed by atoms with Gasteiger partial charge in [-0.1, -0.05) is 19.3 Å². The van der Waals surface area contributed by atoms with E-state index in [0.717, 1.165) is 22.1 Å². The van der Waals surface area contributed by atoms with Gasteiger partial charge >= 0.3 is 0 Å². The number of furan rings is 1. The van der Waals surface area contributed by atoms with E-state index in [1.54, 1.807) is 6.26 Å². The summed E-state index contributed by atoms with van der Waals surface area (Å²) in [6, 6.07) is 3.83. The quantitative estimate of drug-likeness (QED) is 0.764. The molecule has 1 aliphatic carbocycles. The predicted molar refractivity (Wildman–Crippen MR) is 80.9 cm³/mol. The van der Waals surface area contributed by atoms with E-state index in [-0.39, 0.29) is 11.9 Å². The van der Waals surface area contributed by atoms with Crippen molar-refractivity contribution in [3.63, 3.8) is 0 Å². The highest BCUT2D eigenvalue weighted by molar-refractivity contribution is 6.03. The maximum absolute atomic E-state index is 12.5. The maximum atomic E-state index is 12.5. The molecule has 4 rings (SSSR count). The van der Waals surface area contributed by atoms with E-state index in [0.29, 0.717) is 18.1 Å². The zero-order valence-electron chi connectivity index (χ0n) is 12.4.